The minimum absolute atomic E-state index is 0.0247. The number of nitrogens with zero attached hydrogens (tertiary/aromatic N) is 1. The number of carbonyl (C=O) groups is 1. The molecule has 0 saturated heterocycles. The summed E-state index contributed by atoms with van der Waals surface area (Å²) >= 11 is 0. The van der Waals surface area contributed by atoms with Crippen LogP contribution in [0.2, 0.25) is 0 Å². The normalized spacial score (nSPS) is 14.4. The summed E-state index contributed by atoms with van der Waals surface area (Å²) in [4.78, 5) is 14.5. The van der Waals surface area contributed by atoms with Gasteiger partial charge in [0.1, 0.15) is 0 Å². The van der Waals surface area contributed by atoms with Gasteiger partial charge in [-0.05, 0) is 48.6 Å². The molecule has 1 aliphatic rings. The minimum atomic E-state index is -4.34. The van der Waals surface area contributed by atoms with Crippen molar-refractivity contribution in [2.75, 3.05) is 0 Å². The van der Waals surface area contributed by atoms with Gasteiger partial charge in [0, 0.05) is 12.6 Å². The summed E-state index contributed by atoms with van der Waals surface area (Å²) in [6.07, 6.45) is -2.10. The average Bonchev–Trinajstić information content (AvgIpc) is 3.39. The van der Waals surface area contributed by atoms with E-state index in [2.05, 4.69) is 0 Å². The lowest BCUT2D eigenvalue weighted by Gasteiger charge is -2.23. The molecule has 1 fully saturated rings. The molecule has 0 aliphatic heterocycles. The molecule has 2 aromatic carbocycles. The third kappa shape index (κ3) is 4.41. The molecule has 0 bridgehead atoms. The van der Waals surface area contributed by atoms with Crippen molar-refractivity contribution in [2.45, 2.75) is 44.9 Å². The number of alkyl halides is 3. The summed E-state index contributed by atoms with van der Waals surface area (Å²) in [7, 11) is 0. The van der Waals surface area contributed by atoms with Crippen molar-refractivity contribution in [1.82, 2.24) is 4.90 Å². The summed E-state index contributed by atoms with van der Waals surface area (Å²) in [6.45, 7) is 2.33. The van der Waals surface area contributed by atoms with Crippen molar-refractivity contribution >= 4 is 5.91 Å². The molecule has 3 rings (SSSR count). The molecule has 1 saturated carbocycles. The van der Waals surface area contributed by atoms with Gasteiger partial charge in [-0.1, -0.05) is 36.4 Å². The fourth-order valence-electron chi connectivity index (χ4n) is 2.88. The number of carbonyl (C=O) groups excluding carboxylic acids is 1. The molecule has 0 heterocycles. The van der Waals surface area contributed by atoms with E-state index in [9.17, 15) is 18.0 Å². The second-order valence-electron chi connectivity index (χ2n) is 6.55. The van der Waals surface area contributed by atoms with Crippen molar-refractivity contribution in [1.29, 1.82) is 0 Å². The van der Waals surface area contributed by atoms with Crippen LogP contribution < -0.4 is 0 Å². The molecule has 1 amide bonds. The van der Waals surface area contributed by atoms with E-state index in [0.29, 0.717) is 13.0 Å². The molecule has 2 aromatic rings. The second-order valence-corrected chi connectivity index (χ2v) is 6.55. The van der Waals surface area contributed by atoms with Gasteiger partial charge in [-0.2, -0.15) is 13.2 Å². The molecule has 0 atom stereocenters. The molecular formula is C20H20F3NO. The van der Waals surface area contributed by atoms with E-state index in [1.165, 1.54) is 12.1 Å². The minimum Gasteiger partial charge on any atom is -0.335 e. The van der Waals surface area contributed by atoms with Crippen molar-refractivity contribution in [3.8, 4) is 0 Å². The molecule has 1 aliphatic carbocycles. The monoisotopic (exact) mass is 347 g/mol. The molecule has 25 heavy (non-hydrogen) atoms. The number of benzene rings is 2. The van der Waals surface area contributed by atoms with E-state index in [-0.39, 0.29) is 11.9 Å². The number of rotatable bonds is 5. The first-order valence-corrected chi connectivity index (χ1v) is 8.34. The lowest BCUT2D eigenvalue weighted by atomic mass is 10.0. The van der Waals surface area contributed by atoms with Gasteiger partial charge in [-0.15, -0.1) is 0 Å². The Morgan fingerprint density at radius 1 is 1.08 bits per heavy atom. The lowest BCUT2D eigenvalue weighted by molar-refractivity contribution is -0.137. The Morgan fingerprint density at radius 3 is 2.28 bits per heavy atom. The third-order valence-electron chi connectivity index (χ3n) is 4.55. The molecule has 5 heteroatoms. The fraction of sp³-hybridized carbons (Fsp3) is 0.350. The Kier molecular flexibility index (Phi) is 4.84. The zero-order chi connectivity index (χ0) is 18.0. The summed E-state index contributed by atoms with van der Waals surface area (Å²) in [5.41, 5.74) is 2.12. The Labute approximate surface area is 145 Å². The highest BCUT2D eigenvalue weighted by Crippen LogP contribution is 2.31. The SMILES string of the molecule is Cc1ccccc1CC(=O)N(Cc1ccc(C(F)(F)F)cc1)C1CC1. The van der Waals surface area contributed by atoms with Gasteiger partial charge in [0.2, 0.25) is 5.91 Å². The first-order chi connectivity index (χ1) is 11.8. The molecule has 0 aromatic heterocycles. The van der Waals surface area contributed by atoms with Crippen LogP contribution in [0.5, 0.6) is 0 Å². The highest BCUT2D eigenvalue weighted by Gasteiger charge is 2.33. The first kappa shape index (κ1) is 17.5. The molecule has 0 unspecified atom stereocenters. The summed E-state index contributed by atoms with van der Waals surface area (Å²) in [5, 5.41) is 0. The second kappa shape index (κ2) is 6.90. The first-order valence-electron chi connectivity index (χ1n) is 8.34. The zero-order valence-electron chi connectivity index (χ0n) is 14.0. The van der Waals surface area contributed by atoms with Crippen LogP contribution in [0.3, 0.4) is 0 Å². The van der Waals surface area contributed by atoms with Crippen LogP contribution >= 0.6 is 0 Å². The van der Waals surface area contributed by atoms with Crippen LogP contribution in [0.4, 0.5) is 13.2 Å². The van der Waals surface area contributed by atoms with Crippen LogP contribution in [0.15, 0.2) is 48.5 Å². The van der Waals surface area contributed by atoms with Gasteiger partial charge in [-0.25, -0.2) is 0 Å². The molecule has 132 valence electrons. The van der Waals surface area contributed by atoms with E-state index in [4.69, 9.17) is 0 Å². The largest absolute Gasteiger partial charge is 0.416 e. The maximum Gasteiger partial charge on any atom is 0.416 e. The van der Waals surface area contributed by atoms with Crippen LogP contribution in [-0.2, 0) is 23.9 Å². The van der Waals surface area contributed by atoms with E-state index < -0.39 is 11.7 Å². The van der Waals surface area contributed by atoms with Crippen molar-refractivity contribution in [3.05, 3.63) is 70.8 Å². The van der Waals surface area contributed by atoms with Gasteiger partial charge in [0.25, 0.3) is 0 Å². The number of amides is 1. The van der Waals surface area contributed by atoms with E-state index in [0.717, 1.165) is 41.7 Å². The Morgan fingerprint density at radius 2 is 1.72 bits per heavy atom. The lowest BCUT2D eigenvalue weighted by Crippen LogP contribution is -2.34. The number of hydrogen-bond acceptors (Lipinski definition) is 1. The van der Waals surface area contributed by atoms with E-state index in [1.807, 2.05) is 31.2 Å². The Balaban J connectivity index is 1.71. The van der Waals surface area contributed by atoms with Gasteiger partial charge >= 0.3 is 6.18 Å². The van der Waals surface area contributed by atoms with Crippen LogP contribution in [0, 0.1) is 6.92 Å². The highest BCUT2D eigenvalue weighted by molar-refractivity contribution is 5.79. The number of aryl methyl sites for hydroxylation is 1. The quantitative estimate of drug-likeness (QED) is 0.764. The topological polar surface area (TPSA) is 20.3 Å². The van der Waals surface area contributed by atoms with E-state index >= 15 is 0 Å². The molecular weight excluding hydrogens is 327 g/mol. The van der Waals surface area contributed by atoms with Gasteiger partial charge in [0.15, 0.2) is 0 Å². The van der Waals surface area contributed by atoms with Gasteiger partial charge in [-0.3, -0.25) is 4.79 Å². The number of hydrogen-bond donors (Lipinski definition) is 0. The zero-order valence-corrected chi connectivity index (χ0v) is 14.0. The van der Waals surface area contributed by atoms with E-state index in [1.54, 1.807) is 4.90 Å². The number of halogens is 3. The predicted octanol–water partition coefficient (Wildman–Crippen LogP) is 4.75. The van der Waals surface area contributed by atoms with Crippen molar-refractivity contribution in [3.63, 3.8) is 0 Å². The third-order valence-corrected chi connectivity index (χ3v) is 4.55. The summed E-state index contributed by atoms with van der Waals surface area (Å²) < 4.78 is 38.0. The average molecular weight is 347 g/mol. The summed E-state index contributed by atoms with van der Waals surface area (Å²) in [6, 6.07) is 13.0. The van der Waals surface area contributed by atoms with Crippen LogP contribution in [0.1, 0.15) is 35.1 Å². The molecule has 0 N–H and O–H groups in total. The van der Waals surface area contributed by atoms with Crippen LogP contribution in [0.25, 0.3) is 0 Å². The Hall–Kier alpha value is -2.30. The Bertz CT molecular complexity index is 748. The molecule has 0 radical (unpaired) electrons. The molecule has 2 nitrogen and oxygen atoms in total. The fourth-order valence-corrected chi connectivity index (χ4v) is 2.88. The van der Waals surface area contributed by atoms with Crippen molar-refractivity contribution < 1.29 is 18.0 Å². The predicted molar refractivity (Wildman–Crippen MR) is 89.9 cm³/mol. The summed E-state index contributed by atoms with van der Waals surface area (Å²) in [5.74, 6) is 0.0247. The maximum absolute atomic E-state index is 12.7. The van der Waals surface area contributed by atoms with Gasteiger partial charge < -0.3 is 4.90 Å². The highest BCUT2D eigenvalue weighted by atomic mass is 19.4. The maximum atomic E-state index is 12.7. The van der Waals surface area contributed by atoms with Crippen molar-refractivity contribution in [2.24, 2.45) is 0 Å². The smallest absolute Gasteiger partial charge is 0.335 e. The standard InChI is InChI=1S/C20H20F3NO/c1-14-4-2-3-5-16(14)12-19(25)24(18-10-11-18)13-15-6-8-17(9-7-15)20(21,22)23/h2-9,18H,10-13H2,1H3. The van der Waals surface area contributed by atoms with Gasteiger partial charge in [0.05, 0.1) is 12.0 Å². The van der Waals surface area contributed by atoms with Crippen LogP contribution in [-0.4, -0.2) is 16.8 Å². The molecule has 0 spiro atoms.